The monoisotopic (exact) mass is 503 g/mol. The molecule has 9 heteroatoms. The molecule has 0 N–H and O–H groups in total. The molecule has 0 saturated carbocycles. The van der Waals surface area contributed by atoms with Crippen LogP contribution in [0.5, 0.6) is 5.75 Å². The van der Waals surface area contributed by atoms with Gasteiger partial charge in [0.05, 0.1) is 0 Å². The van der Waals surface area contributed by atoms with E-state index in [9.17, 15) is 21.2 Å². The summed E-state index contributed by atoms with van der Waals surface area (Å²) in [4.78, 5) is -0.169. The van der Waals surface area contributed by atoms with Gasteiger partial charge >= 0.3 is 10.1 Å². The van der Waals surface area contributed by atoms with Gasteiger partial charge < -0.3 is 4.18 Å². The van der Waals surface area contributed by atoms with E-state index in [-0.39, 0.29) is 23.2 Å². The molecule has 0 heterocycles. The highest BCUT2D eigenvalue weighted by molar-refractivity contribution is 7.92. The number of sulfonamides is 1. The molecular formula is C25H26FNO5S2. The zero-order valence-electron chi connectivity index (χ0n) is 18.8. The molecule has 0 aliphatic heterocycles. The van der Waals surface area contributed by atoms with Crippen LogP contribution in [0.25, 0.3) is 6.08 Å². The summed E-state index contributed by atoms with van der Waals surface area (Å²) in [6, 6.07) is 19.4. The van der Waals surface area contributed by atoms with Crippen LogP contribution in [-0.4, -0.2) is 27.2 Å². The quantitative estimate of drug-likeness (QED) is 0.356. The molecule has 0 bridgehead atoms. The van der Waals surface area contributed by atoms with Gasteiger partial charge in [0.2, 0.25) is 10.0 Å². The Bertz CT molecular complexity index is 1320. The molecule has 0 aliphatic carbocycles. The summed E-state index contributed by atoms with van der Waals surface area (Å²) in [7, 11) is -7.84. The van der Waals surface area contributed by atoms with Crippen LogP contribution in [0.4, 0.5) is 4.39 Å². The molecule has 3 aromatic carbocycles. The molecule has 0 amide bonds. The lowest BCUT2D eigenvalue weighted by Gasteiger charge is -2.26. The van der Waals surface area contributed by atoms with Gasteiger partial charge in [0.1, 0.15) is 16.5 Å². The van der Waals surface area contributed by atoms with Gasteiger partial charge in [-0.05, 0) is 66.9 Å². The highest BCUT2D eigenvalue weighted by atomic mass is 32.2. The highest BCUT2D eigenvalue weighted by Crippen LogP contribution is 2.22. The van der Waals surface area contributed by atoms with Gasteiger partial charge in [-0.15, -0.1) is 0 Å². The molecule has 6 nitrogen and oxygen atoms in total. The largest absolute Gasteiger partial charge is 0.379 e. The SMILES string of the molecule is CCC(C)N(Cc1ccc(OS(=O)(=O)c2ccc(F)cc2)cc1)S(=O)(=O)C=Cc1ccccc1. The van der Waals surface area contributed by atoms with Crippen LogP contribution in [0, 0.1) is 5.82 Å². The maximum absolute atomic E-state index is 13.1. The van der Waals surface area contributed by atoms with E-state index in [2.05, 4.69) is 0 Å². The standard InChI is InChI=1S/C25H26FNO5S2/c1-3-20(2)27(33(28,29)18-17-21-7-5-4-6-8-21)19-22-9-13-24(14-10-22)32-34(30,31)25-15-11-23(26)12-16-25/h4-18,20H,3,19H2,1-2H3. The first-order valence-electron chi connectivity index (χ1n) is 10.6. The lowest BCUT2D eigenvalue weighted by molar-refractivity contribution is 0.327. The van der Waals surface area contributed by atoms with Crippen LogP contribution < -0.4 is 4.18 Å². The number of hydrogen-bond donors (Lipinski definition) is 0. The van der Waals surface area contributed by atoms with Gasteiger partial charge in [-0.2, -0.15) is 12.7 Å². The predicted octanol–water partition coefficient (Wildman–Crippen LogP) is 5.19. The minimum absolute atomic E-state index is 0.0648. The molecule has 0 radical (unpaired) electrons. The Kier molecular flexibility index (Phi) is 8.24. The Morgan fingerprint density at radius 2 is 1.53 bits per heavy atom. The second-order valence-corrected chi connectivity index (χ2v) is 11.0. The van der Waals surface area contributed by atoms with Crippen LogP contribution >= 0.6 is 0 Å². The van der Waals surface area contributed by atoms with Crippen LogP contribution in [0.15, 0.2) is 89.2 Å². The zero-order chi connectivity index (χ0) is 24.8. The van der Waals surface area contributed by atoms with E-state index in [1.54, 1.807) is 18.2 Å². The topological polar surface area (TPSA) is 80.8 Å². The van der Waals surface area contributed by atoms with E-state index in [1.165, 1.54) is 21.8 Å². The van der Waals surface area contributed by atoms with Crippen molar-refractivity contribution >= 4 is 26.2 Å². The summed E-state index contributed by atoms with van der Waals surface area (Å²) >= 11 is 0. The van der Waals surface area contributed by atoms with Crippen molar-refractivity contribution in [2.45, 2.75) is 37.8 Å². The summed E-state index contributed by atoms with van der Waals surface area (Å²) < 4.78 is 70.5. The fraction of sp³-hybridized carbons (Fsp3) is 0.200. The molecule has 0 spiro atoms. The number of benzene rings is 3. The number of nitrogens with zero attached hydrogens (tertiary/aromatic N) is 1. The second kappa shape index (κ2) is 10.9. The summed E-state index contributed by atoms with van der Waals surface area (Å²) in [6.45, 7) is 3.85. The predicted molar refractivity (Wildman–Crippen MR) is 130 cm³/mol. The fourth-order valence-corrected chi connectivity index (χ4v) is 5.51. The Morgan fingerprint density at radius 3 is 2.12 bits per heavy atom. The first kappa shape index (κ1) is 25.6. The maximum atomic E-state index is 13.1. The first-order valence-corrected chi connectivity index (χ1v) is 13.6. The molecule has 0 aromatic heterocycles. The van der Waals surface area contributed by atoms with Crippen molar-refractivity contribution in [3.8, 4) is 5.75 Å². The number of rotatable bonds is 10. The molecule has 0 aliphatic rings. The molecule has 3 rings (SSSR count). The van der Waals surface area contributed by atoms with E-state index in [0.717, 1.165) is 29.8 Å². The average molecular weight is 504 g/mol. The smallest absolute Gasteiger partial charge is 0.339 e. The third-order valence-electron chi connectivity index (χ3n) is 5.21. The maximum Gasteiger partial charge on any atom is 0.339 e. The van der Waals surface area contributed by atoms with Crippen LogP contribution in [-0.2, 0) is 26.7 Å². The van der Waals surface area contributed by atoms with Crippen LogP contribution in [0.2, 0.25) is 0 Å². The molecule has 180 valence electrons. The minimum Gasteiger partial charge on any atom is -0.379 e. The molecule has 3 aromatic rings. The van der Waals surface area contributed by atoms with Crippen molar-refractivity contribution in [2.24, 2.45) is 0 Å². The Labute approximate surface area is 200 Å². The minimum atomic E-state index is -4.12. The number of halogens is 1. The third kappa shape index (κ3) is 6.75. The van der Waals surface area contributed by atoms with Gasteiger partial charge in [-0.25, -0.2) is 12.8 Å². The van der Waals surface area contributed by atoms with Crippen LogP contribution in [0.1, 0.15) is 31.4 Å². The Balaban J connectivity index is 1.76. The summed E-state index contributed by atoms with van der Waals surface area (Å²) in [5, 5.41) is 1.20. The second-order valence-electron chi connectivity index (χ2n) is 7.70. The average Bonchev–Trinajstić information content (AvgIpc) is 2.82. The van der Waals surface area contributed by atoms with E-state index >= 15 is 0 Å². The molecule has 1 atom stereocenters. The Morgan fingerprint density at radius 1 is 0.912 bits per heavy atom. The normalized spacial score (nSPS) is 13.3. The molecule has 0 saturated heterocycles. The van der Waals surface area contributed by atoms with Gasteiger partial charge in [0.15, 0.2) is 0 Å². The van der Waals surface area contributed by atoms with E-state index in [4.69, 9.17) is 4.18 Å². The molecule has 0 fully saturated rings. The van der Waals surface area contributed by atoms with E-state index in [1.807, 2.05) is 44.2 Å². The van der Waals surface area contributed by atoms with Crippen molar-refractivity contribution < 1.29 is 25.4 Å². The zero-order valence-corrected chi connectivity index (χ0v) is 20.5. The lowest BCUT2D eigenvalue weighted by Crippen LogP contribution is -2.36. The summed E-state index contributed by atoms with van der Waals surface area (Å²) in [5.74, 6) is -0.488. The fourth-order valence-electron chi connectivity index (χ4n) is 3.11. The van der Waals surface area contributed by atoms with Gasteiger partial charge in [0, 0.05) is 18.0 Å². The highest BCUT2D eigenvalue weighted by Gasteiger charge is 2.24. The lowest BCUT2D eigenvalue weighted by atomic mass is 10.2. The third-order valence-corrected chi connectivity index (χ3v) is 8.10. The van der Waals surface area contributed by atoms with E-state index in [0.29, 0.717) is 12.0 Å². The van der Waals surface area contributed by atoms with Gasteiger partial charge in [0.25, 0.3) is 0 Å². The van der Waals surface area contributed by atoms with Crippen molar-refractivity contribution in [3.05, 3.63) is 101 Å². The first-order chi connectivity index (χ1) is 16.1. The van der Waals surface area contributed by atoms with Gasteiger partial charge in [-0.1, -0.05) is 49.4 Å². The summed E-state index contributed by atoms with van der Waals surface area (Å²) in [6.07, 6.45) is 2.18. The van der Waals surface area contributed by atoms with Crippen LogP contribution in [0.3, 0.4) is 0 Å². The summed E-state index contributed by atoms with van der Waals surface area (Å²) in [5.41, 5.74) is 1.45. The number of hydrogen-bond acceptors (Lipinski definition) is 5. The molecule has 34 heavy (non-hydrogen) atoms. The Hall–Kier alpha value is -3.01. The molecular weight excluding hydrogens is 477 g/mol. The van der Waals surface area contributed by atoms with Crippen molar-refractivity contribution in [1.82, 2.24) is 4.31 Å². The van der Waals surface area contributed by atoms with Crippen molar-refractivity contribution in [2.75, 3.05) is 0 Å². The molecule has 1 unspecified atom stereocenters. The van der Waals surface area contributed by atoms with Gasteiger partial charge in [-0.3, -0.25) is 0 Å². The van der Waals surface area contributed by atoms with E-state index < -0.39 is 26.0 Å². The van der Waals surface area contributed by atoms with Crippen molar-refractivity contribution in [1.29, 1.82) is 0 Å². The van der Waals surface area contributed by atoms with Crippen molar-refractivity contribution in [3.63, 3.8) is 0 Å².